The standard InChI is InChI=1S/C17H20N4/c1-11-9-15-19-10-14(16(18)21(15)20-11)12-5-7-13(8-6-12)17(2,3)4/h5-10H,18H2,1-4H3. The summed E-state index contributed by atoms with van der Waals surface area (Å²) in [5, 5.41) is 4.38. The Kier molecular flexibility index (Phi) is 2.97. The molecule has 0 aliphatic rings. The van der Waals surface area contributed by atoms with Crippen LogP contribution >= 0.6 is 0 Å². The van der Waals surface area contributed by atoms with Crippen LogP contribution in [0.4, 0.5) is 5.82 Å². The molecule has 0 bridgehead atoms. The minimum atomic E-state index is 0.144. The molecule has 0 unspecified atom stereocenters. The highest BCUT2D eigenvalue weighted by Crippen LogP contribution is 2.29. The fraction of sp³-hybridized carbons (Fsp3) is 0.294. The zero-order valence-corrected chi connectivity index (χ0v) is 12.9. The van der Waals surface area contributed by atoms with Gasteiger partial charge in [0.25, 0.3) is 0 Å². The Morgan fingerprint density at radius 3 is 2.38 bits per heavy atom. The van der Waals surface area contributed by atoms with Crippen LogP contribution in [0.15, 0.2) is 36.5 Å². The summed E-state index contributed by atoms with van der Waals surface area (Å²) in [6.45, 7) is 8.55. The third-order valence-electron chi connectivity index (χ3n) is 3.70. The Bertz CT molecular complexity index is 792. The SMILES string of the molecule is Cc1cc2ncc(-c3ccc(C(C)(C)C)cc3)c(N)n2n1. The van der Waals surface area contributed by atoms with Gasteiger partial charge in [0, 0.05) is 17.8 Å². The molecule has 3 aromatic rings. The fourth-order valence-electron chi connectivity index (χ4n) is 2.44. The summed E-state index contributed by atoms with van der Waals surface area (Å²) in [7, 11) is 0. The third kappa shape index (κ3) is 2.37. The van der Waals surface area contributed by atoms with E-state index in [2.05, 4.69) is 55.1 Å². The van der Waals surface area contributed by atoms with Crippen LogP contribution in [-0.4, -0.2) is 14.6 Å². The third-order valence-corrected chi connectivity index (χ3v) is 3.70. The molecular formula is C17H20N4. The molecule has 3 rings (SSSR count). The van der Waals surface area contributed by atoms with Crippen molar-refractivity contribution in [2.24, 2.45) is 0 Å². The molecule has 2 N–H and O–H groups in total. The predicted molar refractivity (Wildman–Crippen MR) is 86.3 cm³/mol. The van der Waals surface area contributed by atoms with E-state index in [-0.39, 0.29) is 5.41 Å². The first-order chi connectivity index (χ1) is 9.86. The zero-order valence-electron chi connectivity index (χ0n) is 12.9. The maximum Gasteiger partial charge on any atom is 0.157 e. The van der Waals surface area contributed by atoms with Crippen molar-refractivity contribution in [3.05, 3.63) is 47.8 Å². The number of benzene rings is 1. The van der Waals surface area contributed by atoms with Crippen LogP contribution in [0, 0.1) is 6.92 Å². The molecule has 4 nitrogen and oxygen atoms in total. The van der Waals surface area contributed by atoms with E-state index in [1.807, 2.05) is 19.2 Å². The second-order valence-electron chi connectivity index (χ2n) is 6.44. The molecule has 0 radical (unpaired) electrons. The quantitative estimate of drug-likeness (QED) is 0.741. The molecule has 4 heteroatoms. The lowest BCUT2D eigenvalue weighted by molar-refractivity contribution is 0.590. The number of nitrogens with zero attached hydrogens (tertiary/aromatic N) is 3. The van der Waals surface area contributed by atoms with Gasteiger partial charge in [-0.2, -0.15) is 9.61 Å². The maximum absolute atomic E-state index is 6.25. The van der Waals surface area contributed by atoms with Gasteiger partial charge in [-0.15, -0.1) is 0 Å². The van der Waals surface area contributed by atoms with Gasteiger partial charge in [0.15, 0.2) is 5.65 Å². The minimum Gasteiger partial charge on any atom is -0.383 e. The Morgan fingerprint density at radius 1 is 1.10 bits per heavy atom. The molecule has 21 heavy (non-hydrogen) atoms. The average Bonchev–Trinajstić information content (AvgIpc) is 2.80. The number of anilines is 1. The van der Waals surface area contributed by atoms with Crippen molar-refractivity contribution < 1.29 is 0 Å². The lowest BCUT2D eigenvalue weighted by atomic mass is 9.86. The molecular weight excluding hydrogens is 260 g/mol. The normalized spacial score (nSPS) is 12.0. The molecule has 0 saturated heterocycles. The van der Waals surface area contributed by atoms with E-state index in [0.717, 1.165) is 22.5 Å². The van der Waals surface area contributed by atoms with Crippen LogP contribution in [0.3, 0.4) is 0 Å². The van der Waals surface area contributed by atoms with E-state index in [1.165, 1.54) is 5.56 Å². The van der Waals surface area contributed by atoms with Gasteiger partial charge >= 0.3 is 0 Å². The summed E-state index contributed by atoms with van der Waals surface area (Å²) in [6, 6.07) is 10.4. The molecule has 0 amide bonds. The second kappa shape index (κ2) is 4.58. The van der Waals surface area contributed by atoms with Gasteiger partial charge in [-0.3, -0.25) is 0 Å². The molecule has 0 atom stereocenters. The summed E-state index contributed by atoms with van der Waals surface area (Å²) < 4.78 is 1.70. The molecule has 2 heterocycles. The summed E-state index contributed by atoms with van der Waals surface area (Å²) >= 11 is 0. The number of nitrogens with two attached hydrogens (primary N) is 1. The van der Waals surface area contributed by atoms with Crippen molar-refractivity contribution >= 4 is 11.5 Å². The molecule has 0 aliphatic heterocycles. The zero-order chi connectivity index (χ0) is 15.2. The largest absolute Gasteiger partial charge is 0.383 e. The molecule has 2 aromatic heterocycles. The summed E-state index contributed by atoms with van der Waals surface area (Å²) in [6.07, 6.45) is 1.82. The van der Waals surface area contributed by atoms with E-state index < -0.39 is 0 Å². The maximum atomic E-state index is 6.25. The summed E-state index contributed by atoms with van der Waals surface area (Å²) in [5.41, 5.74) is 11.3. The van der Waals surface area contributed by atoms with Gasteiger partial charge in [-0.05, 0) is 23.5 Å². The molecule has 0 fully saturated rings. The molecule has 1 aromatic carbocycles. The number of aromatic nitrogens is 3. The van der Waals surface area contributed by atoms with Crippen molar-refractivity contribution in [2.75, 3.05) is 5.73 Å². The van der Waals surface area contributed by atoms with Crippen LogP contribution in [-0.2, 0) is 5.41 Å². The molecule has 108 valence electrons. The van der Waals surface area contributed by atoms with Crippen LogP contribution < -0.4 is 5.73 Å². The van der Waals surface area contributed by atoms with E-state index >= 15 is 0 Å². The van der Waals surface area contributed by atoms with E-state index in [9.17, 15) is 0 Å². The van der Waals surface area contributed by atoms with E-state index in [0.29, 0.717) is 5.82 Å². The van der Waals surface area contributed by atoms with E-state index in [4.69, 9.17) is 5.73 Å². The van der Waals surface area contributed by atoms with Crippen molar-refractivity contribution in [1.82, 2.24) is 14.6 Å². The number of rotatable bonds is 1. The van der Waals surface area contributed by atoms with E-state index in [1.54, 1.807) is 4.52 Å². The molecule has 0 spiro atoms. The average molecular weight is 280 g/mol. The number of nitrogen functional groups attached to an aromatic ring is 1. The van der Waals surface area contributed by atoms with Crippen LogP contribution in [0.2, 0.25) is 0 Å². The molecule has 0 saturated carbocycles. The van der Waals surface area contributed by atoms with Gasteiger partial charge < -0.3 is 5.73 Å². The fourth-order valence-corrected chi connectivity index (χ4v) is 2.44. The number of hydrogen-bond acceptors (Lipinski definition) is 3. The van der Waals surface area contributed by atoms with Crippen LogP contribution in [0.5, 0.6) is 0 Å². The predicted octanol–water partition coefficient (Wildman–Crippen LogP) is 3.58. The van der Waals surface area contributed by atoms with Crippen molar-refractivity contribution in [2.45, 2.75) is 33.1 Å². The van der Waals surface area contributed by atoms with Crippen molar-refractivity contribution in [1.29, 1.82) is 0 Å². The monoisotopic (exact) mass is 280 g/mol. The Balaban J connectivity index is 2.10. The summed E-state index contributed by atoms with van der Waals surface area (Å²) in [4.78, 5) is 4.43. The number of hydrogen-bond donors (Lipinski definition) is 1. The first-order valence-electron chi connectivity index (χ1n) is 7.08. The van der Waals surface area contributed by atoms with Crippen molar-refractivity contribution in [3.63, 3.8) is 0 Å². The highest BCUT2D eigenvalue weighted by molar-refractivity contribution is 5.75. The van der Waals surface area contributed by atoms with Crippen LogP contribution in [0.1, 0.15) is 32.0 Å². The number of fused-ring (bicyclic) bond motifs is 1. The molecule has 0 aliphatic carbocycles. The van der Waals surface area contributed by atoms with Gasteiger partial charge in [-0.25, -0.2) is 4.98 Å². The Hall–Kier alpha value is -2.36. The Labute approximate surface area is 124 Å². The van der Waals surface area contributed by atoms with Crippen molar-refractivity contribution in [3.8, 4) is 11.1 Å². The van der Waals surface area contributed by atoms with Gasteiger partial charge in [0.05, 0.1) is 5.69 Å². The highest BCUT2D eigenvalue weighted by Gasteiger charge is 2.14. The summed E-state index contributed by atoms with van der Waals surface area (Å²) in [5.74, 6) is 0.622. The smallest absolute Gasteiger partial charge is 0.157 e. The lowest BCUT2D eigenvalue weighted by Gasteiger charge is -2.19. The first kappa shape index (κ1) is 13.6. The van der Waals surface area contributed by atoms with Gasteiger partial charge in [-0.1, -0.05) is 45.0 Å². The minimum absolute atomic E-state index is 0.144. The van der Waals surface area contributed by atoms with Gasteiger partial charge in [0.2, 0.25) is 0 Å². The Morgan fingerprint density at radius 2 is 1.76 bits per heavy atom. The first-order valence-corrected chi connectivity index (χ1v) is 7.08. The lowest BCUT2D eigenvalue weighted by Crippen LogP contribution is -2.10. The topological polar surface area (TPSA) is 56.2 Å². The number of aryl methyl sites for hydroxylation is 1. The van der Waals surface area contributed by atoms with Gasteiger partial charge in [0.1, 0.15) is 5.82 Å². The van der Waals surface area contributed by atoms with Crippen LogP contribution in [0.25, 0.3) is 16.8 Å². The highest BCUT2D eigenvalue weighted by atomic mass is 15.3. The second-order valence-corrected chi connectivity index (χ2v) is 6.44.